The zero-order valence-electron chi connectivity index (χ0n) is 22.0. The van der Waals surface area contributed by atoms with E-state index in [9.17, 15) is 33.1 Å². The van der Waals surface area contributed by atoms with E-state index < -0.39 is 65.9 Å². The Kier molecular flexibility index (Phi) is 9.85. The van der Waals surface area contributed by atoms with Crippen molar-refractivity contribution in [1.29, 1.82) is 0 Å². The van der Waals surface area contributed by atoms with E-state index in [1.165, 1.54) is 13.8 Å². The number of pyridine rings is 1. The molecule has 1 saturated carbocycles. The van der Waals surface area contributed by atoms with Gasteiger partial charge in [0.1, 0.15) is 12.1 Å². The molecule has 0 bridgehead atoms. The van der Waals surface area contributed by atoms with E-state index in [1.54, 1.807) is 54.7 Å². The summed E-state index contributed by atoms with van der Waals surface area (Å²) >= 11 is 0. The summed E-state index contributed by atoms with van der Waals surface area (Å²) in [6.07, 6.45) is 0.547. The van der Waals surface area contributed by atoms with E-state index in [0.717, 1.165) is 0 Å². The molecule has 2 aromatic rings. The first-order valence-electron chi connectivity index (χ1n) is 12.8. The Hall–Kier alpha value is -3.73. The smallest absolute Gasteiger partial charge is 0.289 e. The number of aromatic nitrogens is 1. The van der Waals surface area contributed by atoms with Crippen LogP contribution in [-0.4, -0.2) is 57.2 Å². The highest BCUT2D eigenvalue weighted by atomic mass is 19.3. The van der Waals surface area contributed by atoms with Crippen molar-refractivity contribution >= 4 is 23.5 Å². The Bertz CT molecular complexity index is 1150. The van der Waals surface area contributed by atoms with Crippen LogP contribution in [0.4, 0.5) is 8.78 Å². The van der Waals surface area contributed by atoms with Gasteiger partial charge in [-0.25, -0.2) is 8.78 Å². The van der Waals surface area contributed by atoms with E-state index in [1.807, 2.05) is 0 Å². The molecule has 3 amide bonds. The van der Waals surface area contributed by atoms with E-state index in [0.29, 0.717) is 11.3 Å². The summed E-state index contributed by atoms with van der Waals surface area (Å²) in [5.41, 5.74) is -0.562. The van der Waals surface area contributed by atoms with Crippen molar-refractivity contribution in [3.63, 3.8) is 0 Å². The molecule has 0 aliphatic heterocycles. The Balaban J connectivity index is 1.73. The highest BCUT2D eigenvalue weighted by molar-refractivity contribution is 6.38. The number of nitrogens with zero attached hydrogens (tertiary/aromatic N) is 1. The lowest BCUT2D eigenvalue weighted by atomic mass is 9.85. The summed E-state index contributed by atoms with van der Waals surface area (Å²) in [5, 5.41) is 18.2. The predicted molar refractivity (Wildman–Crippen MR) is 138 cm³/mol. The number of amides is 3. The van der Waals surface area contributed by atoms with Gasteiger partial charge in [0.2, 0.25) is 23.5 Å². The number of rotatable bonds is 11. The van der Waals surface area contributed by atoms with Crippen LogP contribution in [0.15, 0.2) is 54.7 Å². The van der Waals surface area contributed by atoms with Crippen molar-refractivity contribution in [1.82, 2.24) is 20.9 Å². The van der Waals surface area contributed by atoms with Gasteiger partial charge in [-0.2, -0.15) is 0 Å². The third-order valence-corrected chi connectivity index (χ3v) is 6.64. The Morgan fingerprint density at radius 2 is 1.67 bits per heavy atom. The van der Waals surface area contributed by atoms with Crippen LogP contribution in [0.3, 0.4) is 0 Å². The fraction of sp³-hybridized carbons (Fsp3) is 0.464. The van der Waals surface area contributed by atoms with Gasteiger partial charge in [-0.1, -0.05) is 36.4 Å². The van der Waals surface area contributed by atoms with Gasteiger partial charge in [0.25, 0.3) is 5.91 Å². The normalized spacial score (nSPS) is 16.9. The van der Waals surface area contributed by atoms with Crippen LogP contribution in [0.25, 0.3) is 0 Å². The number of nitrogens with one attached hydrogen (secondary N) is 3. The highest BCUT2D eigenvalue weighted by Gasteiger charge is 2.41. The zero-order chi connectivity index (χ0) is 28.6. The lowest BCUT2D eigenvalue weighted by Crippen LogP contribution is -2.61. The zero-order valence-corrected chi connectivity index (χ0v) is 22.0. The van der Waals surface area contributed by atoms with Gasteiger partial charge in [-0.3, -0.25) is 24.2 Å². The Labute approximate surface area is 225 Å². The SMILES string of the molecule is CC(C)(O)[C@@H](NC(=O)C1CCC(F)(F)CC1)C(=O)N[C@H](Cc1ccccc1)C(=O)C(=O)NCc1ccccn1. The Morgan fingerprint density at radius 1 is 1.03 bits per heavy atom. The molecule has 0 unspecified atom stereocenters. The van der Waals surface area contributed by atoms with Crippen LogP contribution in [0.2, 0.25) is 0 Å². The maximum Gasteiger partial charge on any atom is 0.289 e. The van der Waals surface area contributed by atoms with Crippen molar-refractivity contribution in [2.24, 2.45) is 5.92 Å². The van der Waals surface area contributed by atoms with Gasteiger partial charge in [-0.05, 0) is 44.4 Å². The standard InChI is InChI=1S/C28H34F2N4O5/c1-27(2,39)23(34-24(36)19-11-13-28(29,30)14-12-19)26(38)33-21(16-18-8-4-3-5-9-18)22(35)25(37)32-17-20-10-6-7-15-31-20/h3-10,15,19,21,23,39H,11-14,16-17H2,1-2H3,(H,32,37)(H,33,38)(H,34,36)/t21-,23+/m1/s1. The maximum absolute atomic E-state index is 13.5. The average molecular weight is 545 g/mol. The fourth-order valence-electron chi connectivity index (χ4n) is 4.36. The van der Waals surface area contributed by atoms with E-state index in [-0.39, 0.29) is 25.8 Å². The third kappa shape index (κ3) is 8.91. The average Bonchev–Trinajstić information content (AvgIpc) is 2.89. The van der Waals surface area contributed by atoms with Gasteiger partial charge < -0.3 is 21.1 Å². The highest BCUT2D eigenvalue weighted by Crippen LogP contribution is 2.36. The summed E-state index contributed by atoms with van der Waals surface area (Å²) in [5.74, 6) is -6.93. The molecule has 4 N–H and O–H groups in total. The third-order valence-electron chi connectivity index (χ3n) is 6.64. The molecule has 1 aromatic carbocycles. The van der Waals surface area contributed by atoms with Gasteiger partial charge in [-0.15, -0.1) is 0 Å². The summed E-state index contributed by atoms with van der Waals surface area (Å²) < 4.78 is 27.1. The summed E-state index contributed by atoms with van der Waals surface area (Å²) in [6.45, 7) is 2.61. The number of alkyl halides is 2. The van der Waals surface area contributed by atoms with Crippen LogP contribution in [-0.2, 0) is 32.1 Å². The minimum absolute atomic E-state index is 0.000203. The van der Waals surface area contributed by atoms with Crippen LogP contribution in [0.1, 0.15) is 50.8 Å². The molecule has 0 radical (unpaired) electrons. The number of carbonyl (C=O) groups excluding carboxylic acids is 4. The van der Waals surface area contributed by atoms with Crippen molar-refractivity contribution in [3.05, 3.63) is 66.0 Å². The van der Waals surface area contributed by atoms with Crippen LogP contribution < -0.4 is 16.0 Å². The first kappa shape index (κ1) is 29.8. The lowest BCUT2D eigenvalue weighted by Gasteiger charge is -2.33. The summed E-state index contributed by atoms with van der Waals surface area (Å²) in [4.78, 5) is 56.1. The van der Waals surface area contributed by atoms with E-state index >= 15 is 0 Å². The maximum atomic E-state index is 13.5. The van der Waals surface area contributed by atoms with E-state index in [4.69, 9.17) is 0 Å². The molecular weight excluding hydrogens is 510 g/mol. The number of ketones is 1. The molecule has 39 heavy (non-hydrogen) atoms. The largest absolute Gasteiger partial charge is 0.388 e. The molecule has 1 heterocycles. The first-order chi connectivity index (χ1) is 18.4. The van der Waals surface area contributed by atoms with Crippen LogP contribution in [0.5, 0.6) is 0 Å². The molecular formula is C28H34F2N4O5. The van der Waals surface area contributed by atoms with Gasteiger partial charge in [0.05, 0.1) is 17.8 Å². The molecule has 9 nitrogen and oxygen atoms in total. The molecule has 0 saturated heterocycles. The minimum atomic E-state index is -2.83. The number of Topliss-reactive ketones (excluding diaryl/α,β-unsaturated/α-hetero) is 1. The molecule has 1 aliphatic carbocycles. The van der Waals surface area contributed by atoms with Gasteiger partial charge in [0, 0.05) is 31.4 Å². The van der Waals surface area contributed by atoms with Crippen molar-refractivity contribution in [2.45, 2.75) is 76.1 Å². The second-order valence-corrected chi connectivity index (χ2v) is 10.3. The summed E-state index contributed by atoms with van der Waals surface area (Å²) in [7, 11) is 0. The lowest BCUT2D eigenvalue weighted by molar-refractivity contribution is -0.142. The number of hydrogen-bond donors (Lipinski definition) is 4. The monoisotopic (exact) mass is 544 g/mol. The number of halogens is 2. The van der Waals surface area contributed by atoms with Gasteiger partial charge >= 0.3 is 0 Å². The Morgan fingerprint density at radius 3 is 2.26 bits per heavy atom. The second kappa shape index (κ2) is 12.9. The minimum Gasteiger partial charge on any atom is -0.388 e. The molecule has 2 atom stereocenters. The van der Waals surface area contributed by atoms with Crippen molar-refractivity contribution in [3.8, 4) is 0 Å². The quantitative estimate of drug-likeness (QED) is 0.320. The predicted octanol–water partition coefficient (Wildman–Crippen LogP) is 2.08. The van der Waals surface area contributed by atoms with E-state index in [2.05, 4.69) is 20.9 Å². The number of aliphatic hydroxyl groups is 1. The molecule has 210 valence electrons. The van der Waals surface area contributed by atoms with Gasteiger partial charge in [0.15, 0.2) is 0 Å². The van der Waals surface area contributed by atoms with Crippen LogP contribution >= 0.6 is 0 Å². The number of carbonyl (C=O) groups is 4. The summed E-state index contributed by atoms with van der Waals surface area (Å²) in [6, 6.07) is 11.0. The van der Waals surface area contributed by atoms with Crippen molar-refractivity contribution in [2.75, 3.05) is 0 Å². The fourth-order valence-corrected chi connectivity index (χ4v) is 4.36. The molecule has 1 aromatic heterocycles. The molecule has 3 rings (SSSR count). The topological polar surface area (TPSA) is 137 Å². The molecule has 1 fully saturated rings. The first-order valence-corrected chi connectivity index (χ1v) is 12.8. The number of benzene rings is 1. The second-order valence-electron chi connectivity index (χ2n) is 10.3. The number of hydrogen-bond acceptors (Lipinski definition) is 6. The van der Waals surface area contributed by atoms with Crippen molar-refractivity contribution < 1.29 is 33.1 Å². The molecule has 0 spiro atoms. The molecule has 11 heteroatoms. The molecule has 1 aliphatic rings. The van der Waals surface area contributed by atoms with Crippen LogP contribution in [0, 0.1) is 5.92 Å².